The molecule has 6 nitrogen and oxygen atoms in total. The van der Waals surface area contributed by atoms with Crippen LogP contribution in [0.15, 0.2) is 54.6 Å². The summed E-state index contributed by atoms with van der Waals surface area (Å²) < 4.78 is 10.8. The molecular weight excluding hydrogens is 513 g/mol. The Bertz CT molecular complexity index is 1260. The molecular formula is C26H24Cl3NO5. The summed E-state index contributed by atoms with van der Waals surface area (Å²) >= 11 is 18.8. The molecule has 0 atom stereocenters. The van der Waals surface area contributed by atoms with Crippen LogP contribution < -0.4 is 14.8 Å². The number of aliphatic carboxylic acids is 1. The third-order valence-corrected chi connectivity index (χ3v) is 6.17. The van der Waals surface area contributed by atoms with Crippen LogP contribution in [0.5, 0.6) is 11.5 Å². The van der Waals surface area contributed by atoms with E-state index in [0.717, 1.165) is 16.7 Å². The number of carbonyl (C=O) groups excluding carboxylic acids is 1. The zero-order chi connectivity index (χ0) is 25.8. The predicted molar refractivity (Wildman–Crippen MR) is 138 cm³/mol. The molecule has 0 unspecified atom stereocenters. The fourth-order valence-corrected chi connectivity index (χ4v) is 3.94. The van der Waals surface area contributed by atoms with Crippen LogP contribution >= 0.6 is 34.8 Å². The van der Waals surface area contributed by atoms with Crippen LogP contribution in [0, 0.1) is 0 Å². The lowest BCUT2D eigenvalue weighted by molar-refractivity contribution is -0.152. The molecule has 0 heterocycles. The Morgan fingerprint density at radius 3 is 2.14 bits per heavy atom. The minimum Gasteiger partial charge on any atom is -0.496 e. The fraction of sp³-hybridized carbons (Fsp3) is 0.231. The summed E-state index contributed by atoms with van der Waals surface area (Å²) in [4.78, 5) is 23.8. The second-order valence-electron chi connectivity index (χ2n) is 8.22. The summed E-state index contributed by atoms with van der Waals surface area (Å²) in [5, 5.41) is 13.4. The minimum atomic E-state index is -1.41. The van der Waals surface area contributed by atoms with Crippen molar-refractivity contribution in [2.75, 3.05) is 13.7 Å². The number of carbonyl (C=O) groups is 2. The van der Waals surface area contributed by atoms with E-state index in [1.807, 2.05) is 18.2 Å². The van der Waals surface area contributed by atoms with Crippen LogP contribution in [0.1, 0.15) is 29.8 Å². The van der Waals surface area contributed by atoms with Crippen molar-refractivity contribution in [3.8, 4) is 22.6 Å². The molecule has 0 bridgehead atoms. The molecule has 3 aromatic rings. The highest BCUT2D eigenvalue weighted by Crippen LogP contribution is 2.34. The Hall–Kier alpha value is -2.93. The molecule has 0 saturated carbocycles. The van der Waals surface area contributed by atoms with E-state index >= 15 is 0 Å². The first-order chi connectivity index (χ1) is 16.5. The van der Waals surface area contributed by atoms with Crippen LogP contribution in [-0.2, 0) is 11.2 Å². The lowest BCUT2D eigenvalue weighted by Gasteiger charge is -2.22. The molecule has 0 aliphatic heterocycles. The molecule has 0 aromatic heterocycles. The van der Waals surface area contributed by atoms with Gasteiger partial charge in [0.2, 0.25) is 0 Å². The van der Waals surface area contributed by atoms with Crippen LogP contribution in [0.4, 0.5) is 0 Å². The first-order valence-corrected chi connectivity index (χ1v) is 11.8. The second-order valence-corrected chi connectivity index (χ2v) is 9.47. The molecule has 0 spiro atoms. The summed E-state index contributed by atoms with van der Waals surface area (Å²) in [6.45, 7) is 3.27. The van der Waals surface area contributed by atoms with Gasteiger partial charge < -0.3 is 19.9 Å². The van der Waals surface area contributed by atoms with Crippen molar-refractivity contribution < 1.29 is 24.2 Å². The third-order valence-electron chi connectivity index (χ3n) is 5.28. The van der Waals surface area contributed by atoms with E-state index in [1.165, 1.54) is 21.0 Å². The first-order valence-electron chi connectivity index (χ1n) is 10.6. The summed E-state index contributed by atoms with van der Waals surface area (Å²) in [5.41, 5.74) is 1.44. The van der Waals surface area contributed by atoms with Crippen LogP contribution in [0.25, 0.3) is 11.1 Å². The zero-order valence-corrected chi connectivity index (χ0v) is 21.6. The zero-order valence-electron chi connectivity index (χ0n) is 19.3. The summed E-state index contributed by atoms with van der Waals surface area (Å²) in [5.74, 6) is -0.670. The number of carboxylic acid groups (broad SMARTS) is 1. The maximum Gasteiger partial charge on any atom is 0.347 e. The van der Waals surface area contributed by atoms with Gasteiger partial charge >= 0.3 is 5.97 Å². The van der Waals surface area contributed by atoms with Gasteiger partial charge in [-0.1, -0.05) is 53.0 Å². The Kier molecular flexibility index (Phi) is 8.54. The van der Waals surface area contributed by atoms with Gasteiger partial charge in [-0.05, 0) is 73.4 Å². The SMILES string of the molecule is COc1ccc(Cl)cc1C(=O)NCCc1ccc(-c2ccc(OC(C)(C)C(=O)O)c(Cl)c2)cc1Cl. The van der Waals surface area contributed by atoms with E-state index in [0.29, 0.717) is 34.3 Å². The lowest BCUT2D eigenvalue weighted by Crippen LogP contribution is -2.37. The van der Waals surface area contributed by atoms with Gasteiger partial charge in [0.05, 0.1) is 17.7 Å². The van der Waals surface area contributed by atoms with Crippen molar-refractivity contribution in [3.63, 3.8) is 0 Å². The van der Waals surface area contributed by atoms with E-state index in [1.54, 1.807) is 36.4 Å². The van der Waals surface area contributed by atoms with Crippen LogP contribution in [0.3, 0.4) is 0 Å². The van der Waals surface area contributed by atoms with E-state index < -0.39 is 11.6 Å². The number of halogens is 3. The number of carboxylic acids is 1. The second kappa shape index (κ2) is 11.2. The monoisotopic (exact) mass is 535 g/mol. The molecule has 0 radical (unpaired) electrons. The smallest absolute Gasteiger partial charge is 0.347 e. The molecule has 3 rings (SSSR count). The van der Waals surface area contributed by atoms with E-state index in [4.69, 9.17) is 44.3 Å². The molecule has 0 saturated heterocycles. The summed E-state index contributed by atoms with van der Waals surface area (Å²) in [7, 11) is 1.49. The fourth-order valence-electron chi connectivity index (χ4n) is 3.27. The van der Waals surface area contributed by atoms with E-state index in [9.17, 15) is 14.7 Å². The predicted octanol–water partition coefficient (Wildman–Crippen LogP) is 6.54. The number of hydrogen-bond acceptors (Lipinski definition) is 4. The average molecular weight is 537 g/mol. The largest absolute Gasteiger partial charge is 0.496 e. The van der Waals surface area contributed by atoms with Gasteiger partial charge in [-0.15, -0.1) is 0 Å². The molecule has 0 aliphatic carbocycles. The number of hydrogen-bond donors (Lipinski definition) is 2. The van der Waals surface area contributed by atoms with E-state index in [2.05, 4.69) is 5.32 Å². The van der Waals surface area contributed by atoms with Gasteiger partial charge in [0.25, 0.3) is 5.91 Å². The lowest BCUT2D eigenvalue weighted by atomic mass is 10.0. The van der Waals surface area contributed by atoms with Crippen molar-refractivity contribution in [1.29, 1.82) is 0 Å². The molecule has 9 heteroatoms. The maximum absolute atomic E-state index is 12.5. The number of ether oxygens (including phenoxy) is 2. The van der Waals surface area contributed by atoms with Gasteiger partial charge in [-0.25, -0.2) is 4.79 Å². The van der Waals surface area contributed by atoms with Crippen molar-refractivity contribution in [1.82, 2.24) is 5.32 Å². The number of methoxy groups -OCH3 is 1. The van der Waals surface area contributed by atoms with Crippen molar-refractivity contribution in [3.05, 3.63) is 80.8 Å². The average Bonchev–Trinajstić information content (AvgIpc) is 2.81. The van der Waals surface area contributed by atoms with Crippen molar-refractivity contribution >= 4 is 46.7 Å². The molecule has 1 amide bonds. The van der Waals surface area contributed by atoms with Crippen LogP contribution in [0.2, 0.25) is 15.1 Å². The van der Waals surface area contributed by atoms with Gasteiger partial charge in [-0.3, -0.25) is 4.79 Å². The third kappa shape index (κ3) is 6.60. The molecule has 0 aliphatic rings. The number of nitrogens with one attached hydrogen (secondary N) is 1. The quantitative estimate of drug-likeness (QED) is 0.324. The standard InChI is InChI=1S/C26H24Cl3NO5/c1-26(2,25(32)33)35-23-8-6-17(13-21(23)29)16-5-4-15(20(28)12-16)10-11-30-24(31)19-14-18(27)7-9-22(19)34-3/h4-9,12-14H,10-11H2,1-3H3,(H,30,31)(H,32,33). The highest BCUT2D eigenvalue weighted by Gasteiger charge is 2.30. The van der Waals surface area contributed by atoms with Gasteiger partial charge in [0, 0.05) is 16.6 Å². The number of rotatable bonds is 9. The summed E-state index contributed by atoms with van der Waals surface area (Å²) in [6.07, 6.45) is 0.519. The minimum absolute atomic E-state index is 0.276. The number of benzene rings is 3. The Morgan fingerprint density at radius 2 is 1.54 bits per heavy atom. The maximum atomic E-state index is 12.5. The molecule has 184 valence electrons. The van der Waals surface area contributed by atoms with Crippen molar-refractivity contribution in [2.24, 2.45) is 0 Å². The van der Waals surface area contributed by atoms with Crippen LogP contribution in [-0.4, -0.2) is 36.2 Å². The Labute approximate surface area is 218 Å². The van der Waals surface area contributed by atoms with Gasteiger partial charge in [0.15, 0.2) is 5.60 Å². The topological polar surface area (TPSA) is 84.9 Å². The highest BCUT2D eigenvalue weighted by molar-refractivity contribution is 6.33. The molecule has 3 aromatic carbocycles. The Balaban J connectivity index is 1.67. The molecule has 2 N–H and O–H groups in total. The normalized spacial score (nSPS) is 11.1. The molecule has 0 fully saturated rings. The first kappa shape index (κ1) is 26.7. The van der Waals surface area contributed by atoms with Gasteiger partial charge in [-0.2, -0.15) is 0 Å². The molecule has 35 heavy (non-hydrogen) atoms. The number of amides is 1. The Morgan fingerprint density at radius 1 is 0.914 bits per heavy atom. The van der Waals surface area contributed by atoms with Crippen molar-refractivity contribution in [2.45, 2.75) is 25.9 Å². The highest BCUT2D eigenvalue weighted by atomic mass is 35.5. The van der Waals surface area contributed by atoms with Gasteiger partial charge in [0.1, 0.15) is 11.5 Å². The van der Waals surface area contributed by atoms with E-state index in [-0.39, 0.29) is 16.7 Å². The summed E-state index contributed by atoms with van der Waals surface area (Å²) in [6, 6.07) is 15.6.